The van der Waals surface area contributed by atoms with Crippen LogP contribution in [0.4, 0.5) is 0 Å². The standard InChI is InChI=1S/C9H16O7S/c1-9(2)14-7-6(16-17(3,11)12)5(4-10)13-8(7)15-9/h5-8,10H,4H2,1-3H3/t5-,6?,7+,8-/m1/s1. The highest BCUT2D eigenvalue weighted by Gasteiger charge is 2.56. The van der Waals surface area contributed by atoms with Gasteiger partial charge in [0.1, 0.15) is 18.3 Å². The minimum atomic E-state index is -3.65. The first-order chi connectivity index (χ1) is 7.72. The van der Waals surface area contributed by atoms with Crippen molar-refractivity contribution < 1.29 is 31.9 Å². The second kappa shape index (κ2) is 4.15. The fourth-order valence-corrected chi connectivity index (χ4v) is 2.65. The summed E-state index contributed by atoms with van der Waals surface area (Å²) in [6.45, 7) is 3.03. The molecule has 0 aromatic heterocycles. The fourth-order valence-electron chi connectivity index (χ4n) is 2.01. The molecule has 2 aliphatic rings. The average molecular weight is 268 g/mol. The van der Waals surface area contributed by atoms with Gasteiger partial charge in [0.25, 0.3) is 10.1 Å². The van der Waals surface area contributed by atoms with Crippen LogP contribution in [0.2, 0.25) is 0 Å². The van der Waals surface area contributed by atoms with Crippen molar-refractivity contribution in [2.24, 2.45) is 0 Å². The van der Waals surface area contributed by atoms with Crippen molar-refractivity contribution in [2.45, 2.75) is 44.2 Å². The minimum absolute atomic E-state index is 0.361. The molecule has 0 aliphatic carbocycles. The first kappa shape index (κ1) is 13.2. The Morgan fingerprint density at radius 1 is 1.35 bits per heavy atom. The molecule has 0 bridgehead atoms. The van der Waals surface area contributed by atoms with E-state index in [4.69, 9.17) is 23.5 Å². The summed E-state index contributed by atoms with van der Waals surface area (Å²) in [5.74, 6) is -0.852. The summed E-state index contributed by atoms with van der Waals surface area (Å²) in [5.41, 5.74) is 0. The molecule has 0 saturated carbocycles. The Balaban J connectivity index is 2.16. The Morgan fingerprint density at radius 2 is 2.00 bits per heavy atom. The number of fused-ring (bicyclic) bond motifs is 1. The van der Waals surface area contributed by atoms with Gasteiger partial charge in [0.2, 0.25) is 0 Å². The molecule has 1 unspecified atom stereocenters. The molecule has 2 fully saturated rings. The van der Waals surface area contributed by atoms with Crippen molar-refractivity contribution in [3.8, 4) is 0 Å². The predicted octanol–water partition coefficient (Wildman–Crippen LogP) is -0.800. The summed E-state index contributed by atoms with van der Waals surface area (Å²) in [5, 5.41) is 9.11. The Morgan fingerprint density at radius 3 is 2.53 bits per heavy atom. The lowest BCUT2D eigenvalue weighted by Crippen LogP contribution is -2.39. The summed E-state index contributed by atoms with van der Waals surface area (Å²) in [6.07, 6.45) is -2.08. The van der Waals surface area contributed by atoms with Gasteiger partial charge in [-0.05, 0) is 13.8 Å². The molecule has 4 atom stereocenters. The van der Waals surface area contributed by atoms with E-state index in [0.717, 1.165) is 6.26 Å². The smallest absolute Gasteiger partial charge is 0.264 e. The monoisotopic (exact) mass is 268 g/mol. The van der Waals surface area contributed by atoms with Crippen LogP contribution in [0.3, 0.4) is 0 Å². The van der Waals surface area contributed by atoms with Gasteiger partial charge in [-0.1, -0.05) is 0 Å². The second-order valence-electron chi connectivity index (χ2n) is 4.59. The summed E-state index contributed by atoms with van der Waals surface area (Å²) in [7, 11) is -3.65. The molecular formula is C9H16O7S. The topological polar surface area (TPSA) is 91.3 Å². The Labute approximate surface area is 99.7 Å². The molecule has 1 N–H and O–H groups in total. The van der Waals surface area contributed by atoms with E-state index in [1.165, 1.54) is 0 Å². The van der Waals surface area contributed by atoms with E-state index in [9.17, 15) is 8.42 Å². The molecule has 100 valence electrons. The number of ether oxygens (including phenoxy) is 3. The lowest BCUT2D eigenvalue weighted by Gasteiger charge is -2.23. The van der Waals surface area contributed by atoms with Crippen molar-refractivity contribution in [3.05, 3.63) is 0 Å². The van der Waals surface area contributed by atoms with Crippen LogP contribution in [0, 0.1) is 0 Å². The van der Waals surface area contributed by atoms with Crippen molar-refractivity contribution in [3.63, 3.8) is 0 Å². The van der Waals surface area contributed by atoms with Crippen LogP contribution in [-0.2, 0) is 28.5 Å². The Bertz CT molecular complexity index is 390. The molecule has 0 aromatic carbocycles. The van der Waals surface area contributed by atoms with Crippen LogP contribution in [0.15, 0.2) is 0 Å². The van der Waals surface area contributed by atoms with Crippen molar-refractivity contribution >= 4 is 10.1 Å². The number of aliphatic hydroxyl groups is 1. The van der Waals surface area contributed by atoms with E-state index in [1.54, 1.807) is 13.8 Å². The predicted molar refractivity (Wildman–Crippen MR) is 55.5 cm³/mol. The summed E-state index contributed by atoms with van der Waals surface area (Å²) in [6, 6.07) is 0. The SMILES string of the molecule is CC1(C)O[C@H]2O[C@H](CO)C(OS(C)(=O)=O)[C@@H]2O1. The maximum absolute atomic E-state index is 11.1. The third-order valence-electron chi connectivity index (χ3n) is 2.55. The van der Waals surface area contributed by atoms with Crippen LogP contribution < -0.4 is 0 Å². The van der Waals surface area contributed by atoms with Gasteiger partial charge in [-0.25, -0.2) is 0 Å². The zero-order valence-corrected chi connectivity index (χ0v) is 10.6. The first-order valence-electron chi connectivity index (χ1n) is 5.22. The molecule has 7 nitrogen and oxygen atoms in total. The highest BCUT2D eigenvalue weighted by atomic mass is 32.2. The van der Waals surface area contributed by atoms with Gasteiger partial charge in [0.05, 0.1) is 12.9 Å². The maximum Gasteiger partial charge on any atom is 0.264 e. The second-order valence-corrected chi connectivity index (χ2v) is 6.19. The average Bonchev–Trinajstić information content (AvgIpc) is 2.58. The van der Waals surface area contributed by atoms with E-state index < -0.39 is 40.5 Å². The van der Waals surface area contributed by atoms with Gasteiger partial charge in [-0.3, -0.25) is 4.18 Å². The van der Waals surface area contributed by atoms with E-state index in [-0.39, 0.29) is 6.61 Å². The lowest BCUT2D eigenvalue weighted by molar-refractivity contribution is -0.216. The van der Waals surface area contributed by atoms with Crippen LogP contribution in [-0.4, -0.2) is 56.8 Å². The van der Waals surface area contributed by atoms with Gasteiger partial charge in [0.15, 0.2) is 12.1 Å². The molecule has 0 aromatic rings. The molecule has 0 amide bonds. The molecule has 2 saturated heterocycles. The number of rotatable bonds is 3. The fraction of sp³-hybridized carbons (Fsp3) is 1.00. The molecule has 17 heavy (non-hydrogen) atoms. The van der Waals surface area contributed by atoms with Crippen LogP contribution in [0.25, 0.3) is 0 Å². The first-order valence-corrected chi connectivity index (χ1v) is 7.04. The molecular weight excluding hydrogens is 252 g/mol. The van der Waals surface area contributed by atoms with E-state index in [1.807, 2.05) is 0 Å². The van der Waals surface area contributed by atoms with Gasteiger partial charge in [0, 0.05) is 0 Å². The largest absolute Gasteiger partial charge is 0.394 e. The van der Waals surface area contributed by atoms with Crippen LogP contribution in [0.5, 0.6) is 0 Å². The van der Waals surface area contributed by atoms with Crippen LogP contribution >= 0.6 is 0 Å². The summed E-state index contributed by atoms with van der Waals surface area (Å²) >= 11 is 0. The molecule has 0 radical (unpaired) electrons. The maximum atomic E-state index is 11.1. The zero-order valence-electron chi connectivity index (χ0n) is 9.82. The van der Waals surface area contributed by atoms with Crippen molar-refractivity contribution in [1.29, 1.82) is 0 Å². The lowest BCUT2D eigenvalue weighted by atomic mass is 10.1. The van der Waals surface area contributed by atoms with E-state index in [2.05, 4.69) is 0 Å². The molecule has 2 aliphatic heterocycles. The van der Waals surface area contributed by atoms with E-state index >= 15 is 0 Å². The normalized spacial score (nSPS) is 40.5. The van der Waals surface area contributed by atoms with Gasteiger partial charge >= 0.3 is 0 Å². The van der Waals surface area contributed by atoms with Crippen molar-refractivity contribution in [1.82, 2.24) is 0 Å². The highest BCUT2D eigenvalue weighted by molar-refractivity contribution is 7.86. The minimum Gasteiger partial charge on any atom is -0.394 e. The van der Waals surface area contributed by atoms with Crippen LogP contribution in [0.1, 0.15) is 13.8 Å². The number of hydrogen-bond acceptors (Lipinski definition) is 7. The summed E-state index contributed by atoms with van der Waals surface area (Å²) in [4.78, 5) is 0. The van der Waals surface area contributed by atoms with Gasteiger partial charge < -0.3 is 19.3 Å². The molecule has 2 heterocycles. The van der Waals surface area contributed by atoms with Gasteiger partial charge in [-0.2, -0.15) is 8.42 Å². The Kier molecular flexibility index (Phi) is 3.22. The molecule has 8 heteroatoms. The third-order valence-corrected chi connectivity index (χ3v) is 3.12. The van der Waals surface area contributed by atoms with Gasteiger partial charge in [-0.15, -0.1) is 0 Å². The summed E-state index contributed by atoms with van der Waals surface area (Å²) < 4.78 is 43.5. The van der Waals surface area contributed by atoms with Crippen molar-refractivity contribution in [2.75, 3.05) is 12.9 Å². The Hall–Kier alpha value is -0.250. The number of aliphatic hydroxyl groups excluding tert-OH is 1. The number of hydrogen-bond donors (Lipinski definition) is 1. The third kappa shape index (κ3) is 2.78. The zero-order chi connectivity index (χ0) is 12.8. The highest BCUT2D eigenvalue weighted by Crippen LogP contribution is 2.38. The molecule has 2 rings (SSSR count). The quantitative estimate of drug-likeness (QED) is 0.670. The molecule has 0 spiro atoms. The van der Waals surface area contributed by atoms with E-state index in [0.29, 0.717) is 0 Å².